The number of urea groups is 1. The summed E-state index contributed by atoms with van der Waals surface area (Å²) in [4.78, 5) is 36.8. The number of carbonyl (C=O) groups excluding carboxylic acids is 1. The lowest BCUT2D eigenvalue weighted by molar-refractivity contribution is 0.193. The first-order valence-electron chi connectivity index (χ1n) is 10.8. The normalized spacial score (nSPS) is 13.9. The third-order valence-electron chi connectivity index (χ3n) is 5.34. The van der Waals surface area contributed by atoms with Gasteiger partial charge in [0.25, 0.3) is 11.4 Å². The van der Waals surface area contributed by atoms with Gasteiger partial charge in [-0.1, -0.05) is 28.1 Å². The molecule has 14 heteroatoms. The lowest BCUT2D eigenvalue weighted by Crippen LogP contribution is -2.51. The van der Waals surface area contributed by atoms with Crippen LogP contribution in [-0.4, -0.2) is 61.8 Å². The summed E-state index contributed by atoms with van der Waals surface area (Å²) in [6.07, 6.45) is 0. The SMILES string of the molecule is Cc1cc(=O)nc2sc(N3CCN(C(=O)NCc4noc(COc5ccc(Cl)cc5)n4)CC3)nn12. The zero-order valence-corrected chi connectivity index (χ0v) is 20.3. The lowest BCUT2D eigenvalue weighted by Gasteiger charge is -2.34. The van der Waals surface area contributed by atoms with E-state index in [9.17, 15) is 9.59 Å². The monoisotopic (exact) mass is 516 g/mol. The fourth-order valence-electron chi connectivity index (χ4n) is 3.53. The second-order valence-corrected chi connectivity index (χ2v) is 9.17. The highest BCUT2D eigenvalue weighted by molar-refractivity contribution is 7.20. The number of anilines is 1. The Balaban J connectivity index is 1.09. The van der Waals surface area contributed by atoms with Gasteiger partial charge in [0, 0.05) is 43.0 Å². The molecule has 1 fully saturated rings. The van der Waals surface area contributed by atoms with Crippen molar-refractivity contribution >= 4 is 39.1 Å². The van der Waals surface area contributed by atoms with Crippen molar-refractivity contribution in [3.8, 4) is 5.75 Å². The molecule has 0 aliphatic carbocycles. The van der Waals surface area contributed by atoms with Gasteiger partial charge in [-0.3, -0.25) is 4.79 Å². The zero-order valence-electron chi connectivity index (χ0n) is 18.7. The van der Waals surface area contributed by atoms with Crippen LogP contribution >= 0.6 is 22.9 Å². The number of rotatable bonds is 6. The Labute approximate surface area is 208 Å². The number of nitrogens with one attached hydrogen (secondary N) is 1. The summed E-state index contributed by atoms with van der Waals surface area (Å²) in [6.45, 7) is 4.36. The molecule has 4 aromatic rings. The molecule has 2 amide bonds. The van der Waals surface area contributed by atoms with E-state index in [-0.39, 0.29) is 24.7 Å². The molecule has 4 heterocycles. The molecule has 0 bridgehead atoms. The van der Waals surface area contributed by atoms with Crippen LogP contribution in [0.1, 0.15) is 17.4 Å². The van der Waals surface area contributed by atoms with Crippen molar-refractivity contribution in [2.75, 3.05) is 31.1 Å². The van der Waals surface area contributed by atoms with Crippen molar-refractivity contribution in [3.05, 3.63) is 63.1 Å². The standard InChI is InChI=1S/C21H21ClN8O4S/c1-13-10-17(31)25-20-30(13)26-21(35-20)29-8-6-28(7-9-29)19(32)23-11-16-24-18(34-27-16)12-33-15-4-2-14(22)3-5-15/h2-5,10H,6-9,11-12H2,1H3,(H,23,32). The van der Waals surface area contributed by atoms with E-state index in [0.29, 0.717) is 53.6 Å². The minimum absolute atomic E-state index is 0.111. The Hall–Kier alpha value is -3.71. The third kappa shape index (κ3) is 5.35. The molecule has 12 nitrogen and oxygen atoms in total. The van der Waals surface area contributed by atoms with Crippen molar-refractivity contribution in [1.29, 1.82) is 0 Å². The number of carbonyl (C=O) groups is 1. The highest BCUT2D eigenvalue weighted by Crippen LogP contribution is 2.23. The fraction of sp³-hybridized carbons (Fsp3) is 0.333. The lowest BCUT2D eigenvalue weighted by atomic mass is 10.3. The molecule has 1 aliphatic rings. The van der Waals surface area contributed by atoms with Crippen LogP contribution in [0.5, 0.6) is 5.75 Å². The minimum atomic E-state index is -0.276. The minimum Gasteiger partial charge on any atom is -0.484 e. The Morgan fingerprint density at radius 1 is 1.20 bits per heavy atom. The van der Waals surface area contributed by atoms with E-state index >= 15 is 0 Å². The molecular weight excluding hydrogens is 496 g/mol. The van der Waals surface area contributed by atoms with Crippen LogP contribution in [0.3, 0.4) is 0 Å². The molecule has 182 valence electrons. The van der Waals surface area contributed by atoms with Crippen LogP contribution in [0, 0.1) is 6.92 Å². The number of hydrogen-bond acceptors (Lipinski definition) is 10. The molecule has 5 rings (SSSR count). The second-order valence-electron chi connectivity index (χ2n) is 7.79. The van der Waals surface area contributed by atoms with Crippen LogP contribution in [0.2, 0.25) is 5.02 Å². The molecule has 1 saturated heterocycles. The average Bonchev–Trinajstić information content (AvgIpc) is 3.49. The molecule has 1 aromatic carbocycles. The fourth-order valence-corrected chi connectivity index (χ4v) is 4.66. The first-order valence-corrected chi connectivity index (χ1v) is 12.0. The van der Waals surface area contributed by atoms with Gasteiger partial charge < -0.3 is 24.4 Å². The van der Waals surface area contributed by atoms with Gasteiger partial charge in [0.2, 0.25) is 10.1 Å². The molecular formula is C21H21ClN8O4S. The van der Waals surface area contributed by atoms with Crippen molar-refractivity contribution in [2.45, 2.75) is 20.1 Å². The predicted molar refractivity (Wildman–Crippen MR) is 128 cm³/mol. The van der Waals surface area contributed by atoms with Crippen LogP contribution in [0.4, 0.5) is 9.93 Å². The van der Waals surface area contributed by atoms with Crippen LogP contribution < -0.4 is 20.5 Å². The quantitative estimate of drug-likeness (QED) is 0.409. The number of amides is 2. The number of hydrogen-bond donors (Lipinski definition) is 1. The molecule has 1 aliphatic heterocycles. The third-order valence-corrected chi connectivity index (χ3v) is 6.56. The molecule has 0 spiro atoms. The topological polar surface area (TPSA) is 131 Å². The Bertz CT molecular complexity index is 1390. The number of ether oxygens (including phenoxy) is 1. The number of aryl methyl sites for hydroxylation is 1. The summed E-state index contributed by atoms with van der Waals surface area (Å²) < 4.78 is 12.4. The van der Waals surface area contributed by atoms with Crippen LogP contribution in [-0.2, 0) is 13.2 Å². The van der Waals surface area contributed by atoms with Crippen molar-refractivity contribution in [1.82, 2.24) is 35.0 Å². The predicted octanol–water partition coefficient (Wildman–Crippen LogP) is 2.11. The summed E-state index contributed by atoms with van der Waals surface area (Å²) in [6, 6.07) is 8.19. The smallest absolute Gasteiger partial charge is 0.317 e. The van der Waals surface area contributed by atoms with E-state index in [0.717, 1.165) is 10.8 Å². The summed E-state index contributed by atoms with van der Waals surface area (Å²) >= 11 is 7.22. The maximum atomic E-state index is 12.6. The molecule has 0 atom stereocenters. The Morgan fingerprint density at radius 2 is 1.97 bits per heavy atom. The van der Waals surface area contributed by atoms with E-state index in [4.69, 9.17) is 20.9 Å². The van der Waals surface area contributed by atoms with Gasteiger partial charge in [0.1, 0.15) is 5.75 Å². The molecule has 0 saturated carbocycles. The molecule has 35 heavy (non-hydrogen) atoms. The number of piperazine rings is 1. The van der Waals surface area contributed by atoms with E-state index in [2.05, 4.69) is 30.4 Å². The van der Waals surface area contributed by atoms with Crippen molar-refractivity contribution < 1.29 is 14.1 Å². The summed E-state index contributed by atoms with van der Waals surface area (Å²) in [5.74, 6) is 1.30. The maximum absolute atomic E-state index is 12.6. The number of benzene rings is 1. The van der Waals surface area contributed by atoms with Gasteiger partial charge in [-0.15, -0.1) is 5.10 Å². The van der Waals surface area contributed by atoms with E-state index in [1.165, 1.54) is 17.4 Å². The molecule has 0 radical (unpaired) electrons. The highest BCUT2D eigenvalue weighted by Gasteiger charge is 2.24. The average molecular weight is 517 g/mol. The number of nitrogens with zero attached hydrogens (tertiary/aromatic N) is 7. The number of halogens is 1. The van der Waals surface area contributed by atoms with Gasteiger partial charge in [0.15, 0.2) is 12.4 Å². The first-order chi connectivity index (χ1) is 16.9. The van der Waals surface area contributed by atoms with Gasteiger partial charge in [-0.25, -0.2) is 9.31 Å². The summed E-state index contributed by atoms with van der Waals surface area (Å²) in [7, 11) is 0. The van der Waals surface area contributed by atoms with E-state index < -0.39 is 0 Å². The first kappa shape index (κ1) is 23.1. The summed E-state index contributed by atoms with van der Waals surface area (Å²) in [5.41, 5.74) is 0.462. The number of aromatic nitrogens is 5. The van der Waals surface area contributed by atoms with Gasteiger partial charge in [0.05, 0.1) is 6.54 Å². The largest absolute Gasteiger partial charge is 0.484 e. The highest BCUT2D eigenvalue weighted by atomic mass is 35.5. The maximum Gasteiger partial charge on any atom is 0.317 e. The van der Waals surface area contributed by atoms with Crippen molar-refractivity contribution in [3.63, 3.8) is 0 Å². The van der Waals surface area contributed by atoms with Crippen LogP contribution in [0.15, 0.2) is 39.6 Å². The Morgan fingerprint density at radius 3 is 2.74 bits per heavy atom. The molecule has 3 aromatic heterocycles. The van der Waals surface area contributed by atoms with E-state index in [1.54, 1.807) is 33.7 Å². The Kier molecular flexibility index (Phi) is 6.51. The zero-order chi connectivity index (χ0) is 24.4. The van der Waals surface area contributed by atoms with E-state index in [1.807, 2.05) is 6.92 Å². The van der Waals surface area contributed by atoms with Crippen molar-refractivity contribution in [2.24, 2.45) is 0 Å². The second kappa shape index (κ2) is 9.88. The van der Waals surface area contributed by atoms with Crippen LogP contribution in [0.25, 0.3) is 4.96 Å². The van der Waals surface area contributed by atoms with Gasteiger partial charge in [-0.05, 0) is 31.2 Å². The van der Waals surface area contributed by atoms with Gasteiger partial charge >= 0.3 is 6.03 Å². The summed E-state index contributed by atoms with van der Waals surface area (Å²) in [5, 5.41) is 12.7. The number of fused-ring (bicyclic) bond motifs is 1. The van der Waals surface area contributed by atoms with Gasteiger partial charge in [-0.2, -0.15) is 9.97 Å². The molecule has 1 N–H and O–H groups in total. The molecule has 0 unspecified atom stereocenters.